The highest BCUT2D eigenvalue weighted by Gasteiger charge is 2.35. The normalized spacial score (nSPS) is 19.3. The molecule has 118 valence electrons. The van der Waals surface area contributed by atoms with Gasteiger partial charge in [0.05, 0.1) is 5.69 Å². The molecular formula is C18H19N3OS. The molecule has 1 saturated carbocycles. The van der Waals surface area contributed by atoms with E-state index >= 15 is 0 Å². The average molecular weight is 325 g/mol. The molecule has 1 aromatic heterocycles. The number of para-hydroxylation sites is 1. The number of amides is 1. The van der Waals surface area contributed by atoms with Crippen LogP contribution in [0.15, 0.2) is 41.4 Å². The lowest BCUT2D eigenvalue weighted by molar-refractivity contribution is 0.0978. The summed E-state index contributed by atoms with van der Waals surface area (Å²) in [6, 6.07) is 9.82. The summed E-state index contributed by atoms with van der Waals surface area (Å²) in [6.45, 7) is 5.02. The van der Waals surface area contributed by atoms with E-state index in [4.69, 9.17) is 0 Å². The summed E-state index contributed by atoms with van der Waals surface area (Å²) >= 11 is 1.82. The Labute approximate surface area is 140 Å². The second kappa shape index (κ2) is 5.34. The molecule has 1 fully saturated rings. The minimum Gasteiger partial charge on any atom is -0.305 e. The van der Waals surface area contributed by atoms with Crippen molar-refractivity contribution in [3.05, 3.63) is 48.0 Å². The predicted octanol–water partition coefficient (Wildman–Crippen LogP) is 3.89. The van der Waals surface area contributed by atoms with E-state index in [2.05, 4.69) is 29.9 Å². The van der Waals surface area contributed by atoms with Crippen LogP contribution in [0.5, 0.6) is 0 Å². The summed E-state index contributed by atoms with van der Waals surface area (Å²) in [6.07, 6.45) is 3.98. The molecule has 0 N–H and O–H groups in total. The lowest BCUT2D eigenvalue weighted by Crippen LogP contribution is -2.44. The van der Waals surface area contributed by atoms with Gasteiger partial charge in [-0.1, -0.05) is 12.1 Å². The average Bonchev–Trinajstić information content (AvgIpc) is 3.37. The van der Waals surface area contributed by atoms with Gasteiger partial charge in [0.2, 0.25) is 0 Å². The van der Waals surface area contributed by atoms with E-state index in [-0.39, 0.29) is 10.7 Å². The molecule has 0 bridgehead atoms. The van der Waals surface area contributed by atoms with Crippen LogP contribution in [0.4, 0.5) is 5.69 Å². The fourth-order valence-corrected chi connectivity index (χ4v) is 4.13. The van der Waals surface area contributed by atoms with Gasteiger partial charge in [0.15, 0.2) is 0 Å². The molecule has 0 atom stereocenters. The third-order valence-corrected chi connectivity index (χ3v) is 5.41. The maximum absolute atomic E-state index is 13.1. The first-order valence-corrected chi connectivity index (χ1v) is 8.78. The monoisotopic (exact) mass is 325 g/mol. The quantitative estimate of drug-likeness (QED) is 0.840. The Morgan fingerprint density at radius 2 is 2.04 bits per heavy atom. The molecular weight excluding hydrogens is 306 g/mol. The minimum absolute atomic E-state index is 0.0175. The van der Waals surface area contributed by atoms with E-state index in [1.165, 1.54) is 0 Å². The first-order valence-electron chi connectivity index (χ1n) is 7.96. The van der Waals surface area contributed by atoms with Gasteiger partial charge >= 0.3 is 0 Å². The topological polar surface area (TPSA) is 46.1 Å². The molecule has 1 aromatic carbocycles. The van der Waals surface area contributed by atoms with Gasteiger partial charge in [0.1, 0.15) is 11.5 Å². The lowest BCUT2D eigenvalue weighted by Gasteiger charge is -2.38. The van der Waals surface area contributed by atoms with E-state index in [0.29, 0.717) is 18.2 Å². The number of carbonyl (C=O) groups excluding carboxylic acids is 1. The first kappa shape index (κ1) is 14.7. The Balaban J connectivity index is 1.71. The van der Waals surface area contributed by atoms with Crippen LogP contribution in [0.2, 0.25) is 0 Å². The van der Waals surface area contributed by atoms with Gasteiger partial charge in [-0.3, -0.25) is 4.79 Å². The number of carbonyl (C=O) groups is 1. The molecule has 5 heteroatoms. The van der Waals surface area contributed by atoms with Gasteiger partial charge in [-0.25, -0.2) is 9.97 Å². The Bertz CT molecular complexity index is 770. The maximum atomic E-state index is 13.1. The van der Waals surface area contributed by atoms with Crippen LogP contribution < -0.4 is 4.90 Å². The molecule has 1 aliphatic heterocycles. The van der Waals surface area contributed by atoms with Crippen molar-refractivity contribution in [1.82, 2.24) is 9.97 Å². The van der Waals surface area contributed by atoms with Crippen molar-refractivity contribution < 1.29 is 4.79 Å². The van der Waals surface area contributed by atoms with Crippen LogP contribution in [0.25, 0.3) is 0 Å². The number of fused-ring (bicyclic) bond motifs is 1. The zero-order valence-electron chi connectivity index (χ0n) is 13.3. The highest BCUT2D eigenvalue weighted by molar-refractivity contribution is 8.00. The summed E-state index contributed by atoms with van der Waals surface area (Å²) in [5, 5.41) is 0. The summed E-state index contributed by atoms with van der Waals surface area (Å²) in [7, 11) is 0. The summed E-state index contributed by atoms with van der Waals surface area (Å²) in [5.41, 5.74) is 1.48. The van der Waals surface area contributed by atoms with Crippen LogP contribution in [0.1, 0.15) is 48.9 Å². The highest BCUT2D eigenvalue weighted by atomic mass is 32.2. The SMILES string of the molecule is CC1(C)CN(C(=O)c2ccnc(C3CC3)n2)c2ccccc2S1. The summed E-state index contributed by atoms with van der Waals surface area (Å²) in [4.78, 5) is 24.9. The zero-order valence-corrected chi connectivity index (χ0v) is 14.1. The number of rotatable bonds is 2. The molecule has 0 spiro atoms. The van der Waals surface area contributed by atoms with Crippen LogP contribution >= 0.6 is 11.8 Å². The van der Waals surface area contributed by atoms with Crippen LogP contribution in [0, 0.1) is 0 Å². The Morgan fingerprint density at radius 1 is 1.26 bits per heavy atom. The number of nitrogens with zero attached hydrogens (tertiary/aromatic N) is 3. The summed E-state index contributed by atoms with van der Waals surface area (Å²) in [5.74, 6) is 1.23. The number of benzene rings is 1. The van der Waals surface area contributed by atoms with Crippen molar-refractivity contribution >= 4 is 23.4 Å². The number of hydrogen-bond donors (Lipinski definition) is 0. The van der Waals surface area contributed by atoms with Crippen molar-refractivity contribution in [2.24, 2.45) is 0 Å². The van der Waals surface area contributed by atoms with Crippen LogP contribution in [-0.4, -0.2) is 27.2 Å². The Kier molecular flexibility index (Phi) is 3.41. The first-order chi connectivity index (χ1) is 11.0. The third kappa shape index (κ3) is 2.85. The van der Waals surface area contributed by atoms with Gasteiger partial charge in [-0.15, -0.1) is 11.8 Å². The van der Waals surface area contributed by atoms with Crippen molar-refractivity contribution in [1.29, 1.82) is 0 Å². The highest BCUT2D eigenvalue weighted by Crippen LogP contribution is 2.44. The van der Waals surface area contributed by atoms with Gasteiger partial charge in [0, 0.05) is 28.3 Å². The van der Waals surface area contributed by atoms with E-state index in [9.17, 15) is 4.79 Å². The summed E-state index contributed by atoms with van der Waals surface area (Å²) < 4.78 is -0.0175. The fraction of sp³-hybridized carbons (Fsp3) is 0.389. The molecule has 23 heavy (non-hydrogen) atoms. The van der Waals surface area contributed by atoms with Crippen molar-refractivity contribution in [2.75, 3.05) is 11.4 Å². The number of aromatic nitrogens is 2. The van der Waals surface area contributed by atoms with E-state index in [0.717, 1.165) is 29.2 Å². The van der Waals surface area contributed by atoms with E-state index < -0.39 is 0 Å². The van der Waals surface area contributed by atoms with E-state index in [1.54, 1.807) is 12.3 Å². The van der Waals surface area contributed by atoms with Gasteiger partial charge in [-0.05, 0) is 44.9 Å². The second-order valence-electron chi connectivity index (χ2n) is 6.80. The second-order valence-corrected chi connectivity index (χ2v) is 8.54. The maximum Gasteiger partial charge on any atom is 0.277 e. The molecule has 4 nitrogen and oxygen atoms in total. The van der Waals surface area contributed by atoms with Crippen LogP contribution in [0.3, 0.4) is 0 Å². The number of thioether (sulfide) groups is 1. The molecule has 2 aliphatic rings. The lowest BCUT2D eigenvalue weighted by atomic mass is 10.1. The van der Waals surface area contributed by atoms with Crippen molar-refractivity contribution in [2.45, 2.75) is 42.2 Å². The smallest absolute Gasteiger partial charge is 0.277 e. The number of anilines is 1. The van der Waals surface area contributed by atoms with Gasteiger partial charge < -0.3 is 4.90 Å². The molecule has 0 unspecified atom stereocenters. The largest absolute Gasteiger partial charge is 0.305 e. The van der Waals surface area contributed by atoms with Crippen molar-refractivity contribution in [3.8, 4) is 0 Å². The third-order valence-electron chi connectivity index (χ3n) is 4.16. The van der Waals surface area contributed by atoms with Gasteiger partial charge in [0.25, 0.3) is 5.91 Å². The number of hydrogen-bond acceptors (Lipinski definition) is 4. The van der Waals surface area contributed by atoms with Gasteiger partial charge in [-0.2, -0.15) is 0 Å². The molecule has 1 aliphatic carbocycles. The van der Waals surface area contributed by atoms with Crippen LogP contribution in [-0.2, 0) is 0 Å². The molecule has 2 heterocycles. The predicted molar refractivity (Wildman–Crippen MR) is 92.1 cm³/mol. The molecule has 1 amide bonds. The molecule has 4 rings (SSSR count). The van der Waals surface area contributed by atoms with E-state index in [1.807, 2.05) is 34.9 Å². The van der Waals surface area contributed by atoms with Crippen molar-refractivity contribution in [3.63, 3.8) is 0 Å². The molecule has 2 aromatic rings. The Hall–Kier alpha value is -1.88. The Morgan fingerprint density at radius 3 is 2.83 bits per heavy atom. The molecule has 0 saturated heterocycles. The standard InChI is InChI=1S/C18H19N3OS/c1-18(2)11-21(14-5-3-4-6-15(14)23-18)17(22)13-9-10-19-16(20-13)12-7-8-12/h3-6,9-10,12H,7-8,11H2,1-2H3. The zero-order chi connectivity index (χ0) is 16.0. The fourth-order valence-electron chi connectivity index (χ4n) is 2.91. The molecule has 0 radical (unpaired) electrons. The minimum atomic E-state index is -0.0323.